The zero-order chi connectivity index (χ0) is 14.5. The van der Waals surface area contributed by atoms with Gasteiger partial charge in [-0.15, -0.1) is 0 Å². The molecule has 0 bridgehead atoms. The van der Waals surface area contributed by atoms with E-state index in [2.05, 4.69) is 0 Å². The lowest BCUT2D eigenvalue weighted by atomic mass is 9.80. The molecule has 1 heterocycles. The summed E-state index contributed by atoms with van der Waals surface area (Å²) in [4.78, 5) is 24.1. The van der Waals surface area contributed by atoms with Crippen molar-refractivity contribution in [3.63, 3.8) is 0 Å². The van der Waals surface area contributed by atoms with E-state index in [1.807, 2.05) is 6.92 Å². The zero-order valence-corrected chi connectivity index (χ0v) is 12.1. The van der Waals surface area contributed by atoms with Crippen molar-refractivity contribution in [2.24, 2.45) is 11.1 Å². The molecule has 1 saturated heterocycles. The number of nitrogens with two attached hydrogens (primary N) is 2. The highest BCUT2D eigenvalue weighted by Crippen LogP contribution is 2.40. The molecule has 0 spiro atoms. The molecule has 1 aliphatic heterocycles. The van der Waals surface area contributed by atoms with Crippen LogP contribution in [0.3, 0.4) is 0 Å². The van der Waals surface area contributed by atoms with Gasteiger partial charge in [0.25, 0.3) is 5.17 Å². The van der Waals surface area contributed by atoms with Crippen LogP contribution in [0, 0.1) is 5.41 Å². The van der Waals surface area contributed by atoms with Crippen LogP contribution in [0.5, 0.6) is 0 Å². The summed E-state index contributed by atoms with van der Waals surface area (Å²) in [7, 11) is 0. The monoisotopic (exact) mass is 289 g/mol. The fourth-order valence-corrected chi connectivity index (χ4v) is 2.79. The predicted octanol–water partition coefficient (Wildman–Crippen LogP) is -0.541. The number of esters is 2. The van der Waals surface area contributed by atoms with E-state index in [9.17, 15) is 9.59 Å². The summed E-state index contributed by atoms with van der Waals surface area (Å²) in [5.41, 5.74) is 4.21. The minimum absolute atomic E-state index is 0.222. The van der Waals surface area contributed by atoms with Gasteiger partial charge < -0.3 is 9.47 Å². The molecule has 0 aromatic carbocycles. The summed E-state index contributed by atoms with van der Waals surface area (Å²) in [5.74, 6) is -0.521. The maximum atomic E-state index is 12.1. The second-order valence-electron chi connectivity index (χ2n) is 4.50. The van der Waals surface area contributed by atoms with Gasteiger partial charge in [0.05, 0.1) is 6.61 Å². The van der Waals surface area contributed by atoms with Crippen LogP contribution in [0.25, 0.3) is 0 Å². The number of carbonyl (C=O) groups excluding carboxylic acids is 2. The molecule has 0 saturated carbocycles. The fraction of sp³-hybridized carbons (Fsp3) is 0.750. The van der Waals surface area contributed by atoms with Gasteiger partial charge in [-0.3, -0.25) is 20.7 Å². The van der Waals surface area contributed by atoms with E-state index in [4.69, 9.17) is 20.6 Å². The van der Waals surface area contributed by atoms with Gasteiger partial charge in [-0.05, 0) is 25.1 Å². The average Bonchev–Trinajstić information content (AvgIpc) is 2.66. The smallest absolute Gasteiger partial charge is 0.323 e. The van der Waals surface area contributed by atoms with E-state index >= 15 is 0 Å². The van der Waals surface area contributed by atoms with Gasteiger partial charge in [-0.25, -0.2) is 0 Å². The normalized spacial score (nSPS) is 26.0. The van der Waals surface area contributed by atoms with Crippen molar-refractivity contribution in [1.29, 1.82) is 0 Å². The molecular formula is C12H21N2O4S+. The molecule has 1 rings (SSSR count). The van der Waals surface area contributed by atoms with Crippen LogP contribution >= 0.6 is 11.8 Å². The van der Waals surface area contributed by atoms with Crippen molar-refractivity contribution >= 4 is 28.9 Å². The molecule has 6 nitrogen and oxygen atoms in total. The first kappa shape index (κ1) is 15.8. The molecule has 7 heteroatoms. The SMILES string of the molecule is CCCC1(C(=O)OCC)CC(CSC(N)=[NH2+])OC1=O. The molecule has 0 amide bonds. The highest BCUT2D eigenvalue weighted by atomic mass is 32.2. The second-order valence-corrected chi connectivity index (χ2v) is 5.59. The van der Waals surface area contributed by atoms with Crippen LogP contribution < -0.4 is 11.1 Å². The minimum atomic E-state index is -1.15. The third-order valence-electron chi connectivity index (χ3n) is 3.02. The van der Waals surface area contributed by atoms with Crippen molar-refractivity contribution in [1.82, 2.24) is 0 Å². The third-order valence-corrected chi connectivity index (χ3v) is 3.89. The first-order valence-corrected chi connectivity index (χ1v) is 7.33. The summed E-state index contributed by atoms with van der Waals surface area (Å²) >= 11 is 1.22. The first-order valence-electron chi connectivity index (χ1n) is 6.35. The Kier molecular flexibility index (Phi) is 5.65. The van der Waals surface area contributed by atoms with E-state index in [1.54, 1.807) is 6.92 Å². The number of thioether (sulfide) groups is 1. The molecule has 19 heavy (non-hydrogen) atoms. The Morgan fingerprint density at radius 1 is 1.63 bits per heavy atom. The van der Waals surface area contributed by atoms with Gasteiger partial charge in [-0.2, -0.15) is 0 Å². The van der Waals surface area contributed by atoms with E-state index < -0.39 is 17.4 Å². The topological polar surface area (TPSA) is 104 Å². The van der Waals surface area contributed by atoms with Crippen molar-refractivity contribution < 1.29 is 24.5 Å². The summed E-state index contributed by atoms with van der Waals surface area (Å²) in [6.45, 7) is 3.89. The van der Waals surface area contributed by atoms with Crippen LogP contribution in [0.15, 0.2) is 0 Å². The number of cyclic esters (lactones) is 1. The summed E-state index contributed by atoms with van der Waals surface area (Å²) in [6, 6.07) is 0. The number of hydrogen-bond acceptors (Lipinski definition) is 5. The highest BCUT2D eigenvalue weighted by molar-refractivity contribution is 8.13. The lowest BCUT2D eigenvalue weighted by molar-refractivity contribution is -0.165. The largest absolute Gasteiger partial charge is 0.465 e. The van der Waals surface area contributed by atoms with Crippen LogP contribution in [0.2, 0.25) is 0 Å². The van der Waals surface area contributed by atoms with Gasteiger partial charge in [0, 0.05) is 12.2 Å². The summed E-state index contributed by atoms with van der Waals surface area (Å²) < 4.78 is 10.3. The van der Waals surface area contributed by atoms with Gasteiger partial charge in [0.15, 0.2) is 5.41 Å². The lowest BCUT2D eigenvalue weighted by Gasteiger charge is -2.21. The molecule has 0 aromatic rings. The van der Waals surface area contributed by atoms with Gasteiger partial charge in [0.2, 0.25) is 0 Å². The standard InChI is InChI=1S/C12H20N2O4S/c1-3-5-12(9(15)17-4-2)6-8(18-10(12)16)7-19-11(13)14/h8H,3-7H2,1-2H3,(H3,13,14)/p+1. The highest BCUT2D eigenvalue weighted by Gasteiger charge is 2.55. The average molecular weight is 289 g/mol. The molecule has 108 valence electrons. The Bertz CT molecular complexity index is 375. The van der Waals surface area contributed by atoms with E-state index in [0.717, 1.165) is 0 Å². The van der Waals surface area contributed by atoms with Gasteiger partial charge >= 0.3 is 11.9 Å². The molecular weight excluding hydrogens is 268 g/mol. The van der Waals surface area contributed by atoms with E-state index in [-0.39, 0.29) is 17.9 Å². The number of amidine groups is 1. The molecule has 0 aromatic heterocycles. The summed E-state index contributed by atoms with van der Waals surface area (Å²) in [6.07, 6.45) is 1.13. The maximum Gasteiger partial charge on any atom is 0.323 e. The molecule has 2 atom stereocenters. The van der Waals surface area contributed by atoms with Crippen LogP contribution in [0.1, 0.15) is 33.1 Å². The summed E-state index contributed by atoms with van der Waals surface area (Å²) in [5, 5.41) is 5.59. The first-order chi connectivity index (χ1) is 8.96. The Morgan fingerprint density at radius 2 is 2.32 bits per heavy atom. The molecule has 4 N–H and O–H groups in total. The number of hydrogen-bond donors (Lipinski definition) is 2. The Hall–Kier alpha value is -1.24. The van der Waals surface area contributed by atoms with Gasteiger partial charge in [-0.1, -0.05) is 13.3 Å². The molecule has 0 aliphatic carbocycles. The Labute approximate surface area is 116 Å². The molecule has 0 radical (unpaired) electrons. The lowest BCUT2D eigenvalue weighted by Crippen LogP contribution is -2.43. The quantitative estimate of drug-likeness (QED) is 0.294. The van der Waals surface area contributed by atoms with Crippen molar-refractivity contribution in [2.45, 2.75) is 39.2 Å². The third kappa shape index (κ3) is 3.62. The maximum absolute atomic E-state index is 12.1. The minimum Gasteiger partial charge on any atom is -0.465 e. The predicted molar refractivity (Wildman–Crippen MR) is 72.0 cm³/mol. The number of rotatable bonds is 6. The Morgan fingerprint density at radius 3 is 2.84 bits per heavy atom. The van der Waals surface area contributed by atoms with Crippen molar-refractivity contribution in [2.75, 3.05) is 12.4 Å². The van der Waals surface area contributed by atoms with Crippen LogP contribution in [-0.4, -0.2) is 35.6 Å². The zero-order valence-electron chi connectivity index (χ0n) is 11.3. The van der Waals surface area contributed by atoms with Gasteiger partial charge in [0.1, 0.15) is 6.10 Å². The van der Waals surface area contributed by atoms with Crippen LogP contribution in [0.4, 0.5) is 0 Å². The van der Waals surface area contributed by atoms with Crippen LogP contribution in [-0.2, 0) is 19.1 Å². The van der Waals surface area contributed by atoms with Crippen molar-refractivity contribution in [3.8, 4) is 0 Å². The van der Waals surface area contributed by atoms with E-state index in [1.165, 1.54) is 11.8 Å². The fourth-order valence-electron chi connectivity index (χ4n) is 2.23. The number of ether oxygens (including phenoxy) is 2. The molecule has 1 fully saturated rings. The Balaban J connectivity index is 2.78. The number of carbonyl (C=O) groups is 2. The molecule has 1 aliphatic rings. The second kappa shape index (κ2) is 6.79. The van der Waals surface area contributed by atoms with E-state index in [0.29, 0.717) is 25.0 Å². The molecule has 2 unspecified atom stereocenters. The van der Waals surface area contributed by atoms with Crippen molar-refractivity contribution in [3.05, 3.63) is 0 Å².